The molecule has 2 aromatic carbocycles. The number of rotatable bonds is 9. The van der Waals surface area contributed by atoms with Gasteiger partial charge in [-0.05, 0) is 31.9 Å². The number of aryl methyl sites for hydroxylation is 1. The zero-order valence-electron chi connectivity index (χ0n) is 18.4. The number of nitrogens with one attached hydrogen (secondary N) is 1. The quantitative estimate of drug-likeness (QED) is 0.304. The van der Waals surface area contributed by atoms with Crippen molar-refractivity contribution in [3.05, 3.63) is 71.0 Å². The Morgan fingerprint density at radius 2 is 2.00 bits per heavy atom. The number of hydrogen-bond acceptors (Lipinski definition) is 7. The SMILES string of the molecule is Cc1ccc(-c2cc(NC(=O)CSc3nnc(COc4ccccc4Cl)n3C3CC3)on2)cc1. The number of nitrogens with zero attached hydrogens (tertiary/aromatic N) is 4. The van der Waals surface area contributed by atoms with Crippen molar-refractivity contribution in [2.24, 2.45) is 0 Å². The predicted octanol–water partition coefficient (Wildman–Crippen LogP) is 5.54. The Morgan fingerprint density at radius 1 is 1.21 bits per heavy atom. The number of carbonyl (C=O) groups excluding carboxylic acids is 1. The van der Waals surface area contributed by atoms with Gasteiger partial charge in [0.15, 0.2) is 11.0 Å². The topological polar surface area (TPSA) is 95.1 Å². The maximum absolute atomic E-state index is 12.5. The van der Waals surface area contributed by atoms with Gasteiger partial charge in [-0.1, -0.05) is 70.5 Å². The number of thioether (sulfide) groups is 1. The van der Waals surface area contributed by atoms with Gasteiger partial charge in [0, 0.05) is 17.7 Å². The lowest BCUT2D eigenvalue weighted by molar-refractivity contribution is -0.113. The van der Waals surface area contributed by atoms with Crippen molar-refractivity contribution in [2.75, 3.05) is 11.1 Å². The van der Waals surface area contributed by atoms with Crippen LogP contribution in [0.25, 0.3) is 11.3 Å². The third kappa shape index (κ3) is 5.26. The molecule has 2 heterocycles. The number of carbonyl (C=O) groups is 1. The molecule has 1 fully saturated rings. The van der Waals surface area contributed by atoms with E-state index in [1.807, 2.05) is 49.4 Å². The summed E-state index contributed by atoms with van der Waals surface area (Å²) in [7, 11) is 0. The first kappa shape index (κ1) is 22.5. The Hall–Kier alpha value is -3.30. The second-order valence-corrected chi connectivity index (χ2v) is 9.35. The molecule has 1 aliphatic rings. The van der Waals surface area contributed by atoms with Crippen molar-refractivity contribution in [1.29, 1.82) is 0 Å². The molecule has 0 saturated heterocycles. The van der Waals surface area contributed by atoms with Crippen LogP contribution in [0.2, 0.25) is 5.02 Å². The molecule has 174 valence electrons. The molecule has 0 unspecified atom stereocenters. The fourth-order valence-corrected chi connectivity index (χ4v) is 4.42. The lowest BCUT2D eigenvalue weighted by Gasteiger charge is -2.10. The summed E-state index contributed by atoms with van der Waals surface area (Å²) in [5, 5.41) is 16.6. The normalized spacial score (nSPS) is 13.1. The molecule has 1 aliphatic carbocycles. The van der Waals surface area contributed by atoms with Crippen LogP contribution in [-0.2, 0) is 11.4 Å². The minimum Gasteiger partial charge on any atom is -0.484 e. The van der Waals surface area contributed by atoms with Gasteiger partial charge in [-0.2, -0.15) is 0 Å². The van der Waals surface area contributed by atoms with Crippen LogP contribution in [-0.4, -0.2) is 31.6 Å². The second-order valence-electron chi connectivity index (χ2n) is 8.00. The van der Waals surface area contributed by atoms with E-state index in [4.69, 9.17) is 20.9 Å². The minimum atomic E-state index is -0.212. The summed E-state index contributed by atoms with van der Waals surface area (Å²) in [6, 6.07) is 17.3. The number of anilines is 1. The van der Waals surface area contributed by atoms with Gasteiger partial charge in [0.05, 0.1) is 10.8 Å². The van der Waals surface area contributed by atoms with E-state index < -0.39 is 0 Å². The van der Waals surface area contributed by atoms with Gasteiger partial charge in [-0.15, -0.1) is 10.2 Å². The average Bonchev–Trinajstić information content (AvgIpc) is 3.43. The molecule has 1 saturated carbocycles. The van der Waals surface area contributed by atoms with E-state index in [0.717, 1.165) is 24.0 Å². The standard InChI is InChI=1S/C24H22ClN5O3S/c1-15-6-8-16(9-7-15)19-12-23(33-29-19)26-22(31)14-34-24-28-27-21(30(24)17-10-11-17)13-32-20-5-3-2-4-18(20)25/h2-9,12,17H,10-11,13-14H2,1H3,(H,26,31). The molecule has 34 heavy (non-hydrogen) atoms. The Labute approximate surface area is 205 Å². The van der Waals surface area contributed by atoms with Crippen LogP contribution in [0.3, 0.4) is 0 Å². The van der Waals surface area contributed by atoms with Crippen LogP contribution in [0.15, 0.2) is 64.3 Å². The van der Waals surface area contributed by atoms with Crippen LogP contribution < -0.4 is 10.1 Å². The molecular weight excluding hydrogens is 474 g/mol. The largest absolute Gasteiger partial charge is 0.484 e. The minimum absolute atomic E-state index is 0.163. The van der Waals surface area contributed by atoms with Crippen LogP contribution in [0.5, 0.6) is 5.75 Å². The van der Waals surface area contributed by atoms with Crippen molar-refractivity contribution in [1.82, 2.24) is 19.9 Å². The monoisotopic (exact) mass is 495 g/mol. The predicted molar refractivity (Wildman–Crippen MR) is 130 cm³/mol. The number of ether oxygens (including phenoxy) is 1. The molecule has 8 nitrogen and oxygen atoms in total. The Kier molecular flexibility index (Phi) is 6.55. The molecule has 0 aliphatic heterocycles. The van der Waals surface area contributed by atoms with Gasteiger partial charge in [0.2, 0.25) is 11.8 Å². The summed E-state index contributed by atoms with van der Waals surface area (Å²) >= 11 is 7.50. The van der Waals surface area contributed by atoms with E-state index in [2.05, 4.69) is 25.2 Å². The lowest BCUT2D eigenvalue weighted by Crippen LogP contribution is -2.14. The van der Waals surface area contributed by atoms with E-state index in [1.54, 1.807) is 12.1 Å². The van der Waals surface area contributed by atoms with Gasteiger partial charge >= 0.3 is 0 Å². The van der Waals surface area contributed by atoms with Crippen LogP contribution in [0.4, 0.5) is 5.88 Å². The highest BCUT2D eigenvalue weighted by Crippen LogP contribution is 2.39. The number of amides is 1. The molecule has 2 aromatic heterocycles. The Morgan fingerprint density at radius 3 is 2.76 bits per heavy atom. The third-order valence-corrected chi connectivity index (χ3v) is 6.55. The van der Waals surface area contributed by atoms with Crippen LogP contribution in [0.1, 0.15) is 30.3 Å². The maximum Gasteiger partial charge on any atom is 0.237 e. The first-order valence-corrected chi connectivity index (χ1v) is 12.2. The van der Waals surface area contributed by atoms with Crippen LogP contribution >= 0.6 is 23.4 Å². The van der Waals surface area contributed by atoms with Crippen molar-refractivity contribution in [3.8, 4) is 17.0 Å². The summed E-state index contributed by atoms with van der Waals surface area (Å²) in [6.45, 7) is 2.27. The van der Waals surface area contributed by atoms with Gasteiger partial charge in [-0.25, -0.2) is 0 Å². The third-order valence-electron chi connectivity index (χ3n) is 5.29. The zero-order valence-corrected chi connectivity index (χ0v) is 20.0. The Bertz CT molecular complexity index is 1300. The molecule has 0 bridgehead atoms. The van der Waals surface area contributed by atoms with Gasteiger partial charge in [-0.3, -0.25) is 14.7 Å². The van der Waals surface area contributed by atoms with Gasteiger partial charge in [0.25, 0.3) is 0 Å². The van der Waals surface area contributed by atoms with E-state index in [9.17, 15) is 4.79 Å². The lowest BCUT2D eigenvalue weighted by atomic mass is 10.1. The molecule has 0 radical (unpaired) electrons. The van der Waals surface area contributed by atoms with Crippen molar-refractivity contribution >= 4 is 35.2 Å². The zero-order chi connectivity index (χ0) is 23.5. The average molecular weight is 496 g/mol. The van der Waals surface area contributed by atoms with Crippen molar-refractivity contribution < 1.29 is 14.1 Å². The molecule has 1 amide bonds. The van der Waals surface area contributed by atoms with E-state index in [1.165, 1.54) is 11.8 Å². The number of benzene rings is 2. The molecule has 5 rings (SSSR count). The fourth-order valence-electron chi connectivity index (χ4n) is 3.41. The summed E-state index contributed by atoms with van der Waals surface area (Å²) in [6.07, 6.45) is 2.10. The molecule has 10 heteroatoms. The fraction of sp³-hybridized carbons (Fsp3) is 0.250. The molecule has 1 N–H and O–H groups in total. The number of aromatic nitrogens is 4. The van der Waals surface area contributed by atoms with E-state index >= 15 is 0 Å². The summed E-state index contributed by atoms with van der Waals surface area (Å²) in [5.41, 5.74) is 2.75. The van der Waals surface area contributed by atoms with Crippen LogP contribution in [0, 0.1) is 6.92 Å². The van der Waals surface area contributed by atoms with Crippen molar-refractivity contribution in [2.45, 2.75) is 37.6 Å². The summed E-state index contributed by atoms with van der Waals surface area (Å²) in [4.78, 5) is 12.5. The smallest absolute Gasteiger partial charge is 0.237 e. The summed E-state index contributed by atoms with van der Waals surface area (Å²) < 4.78 is 13.2. The van der Waals surface area contributed by atoms with E-state index in [-0.39, 0.29) is 18.3 Å². The van der Waals surface area contributed by atoms with Gasteiger partial charge in [0.1, 0.15) is 18.1 Å². The van der Waals surface area contributed by atoms with Crippen molar-refractivity contribution in [3.63, 3.8) is 0 Å². The number of halogens is 1. The molecule has 0 spiro atoms. The highest BCUT2D eigenvalue weighted by Gasteiger charge is 2.30. The first-order chi connectivity index (χ1) is 16.6. The molecule has 0 atom stereocenters. The maximum atomic E-state index is 12.5. The summed E-state index contributed by atoms with van der Waals surface area (Å²) in [5.74, 6) is 1.56. The highest BCUT2D eigenvalue weighted by molar-refractivity contribution is 7.99. The second kappa shape index (κ2) is 9.90. The highest BCUT2D eigenvalue weighted by atomic mass is 35.5. The number of hydrogen-bond donors (Lipinski definition) is 1. The first-order valence-electron chi connectivity index (χ1n) is 10.8. The van der Waals surface area contributed by atoms with E-state index in [0.29, 0.717) is 39.4 Å². The number of para-hydroxylation sites is 1. The molecule has 4 aromatic rings. The molecular formula is C24H22ClN5O3S. The van der Waals surface area contributed by atoms with Gasteiger partial charge < -0.3 is 9.26 Å². The Balaban J connectivity index is 1.19.